The van der Waals surface area contributed by atoms with Gasteiger partial charge in [0.2, 0.25) is 0 Å². The molecule has 1 aromatic heterocycles. The van der Waals surface area contributed by atoms with E-state index in [1.54, 1.807) is 0 Å². The zero-order valence-corrected chi connectivity index (χ0v) is 16.6. The number of para-hydroxylation sites is 1. The first-order valence-electron chi connectivity index (χ1n) is 10.1. The molecule has 0 aliphatic carbocycles. The van der Waals surface area contributed by atoms with Crippen LogP contribution in [-0.4, -0.2) is 46.9 Å². The number of pyridine rings is 1. The van der Waals surface area contributed by atoms with Crippen LogP contribution < -0.4 is 0 Å². The van der Waals surface area contributed by atoms with Crippen LogP contribution in [0.25, 0.3) is 10.9 Å². The summed E-state index contributed by atoms with van der Waals surface area (Å²) in [5.41, 5.74) is 4.39. The Labute approximate surface area is 166 Å². The van der Waals surface area contributed by atoms with E-state index in [2.05, 4.69) is 60.1 Å². The molecular weight excluding hydrogens is 346 g/mol. The topological polar surface area (TPSA) is 36.4 Å². The van der Waals surface area contributed by atoms with Gasteiger partial charge in [0.25, 0.3) is 5.91 Å². The minimum absolute atomic E-state index is 0.141. The molecule has 4 rings (SSSR count). The molecule has 0 saturated carbocycles. The average molecular weight is 374 g/mol. The van der Waals surface area contributed by atoms with Crippen molar-refractivity contribution < 1.29 is 4.79 Å². The Morgan fingerprint density at radius 2 is 1.68 bits per heavy atom. The van der Waals surface area contributed by atoms with Gasteiger partial charge in [0.15, 0.2) is 0 Å². The van der Waals surface area contributed by atoms with Gasteiger partial charge in [-0.1, -0.05) is 50.2 Å². The molecule has 4 nitrogen and oxygen atoms in total. The summed E-state index contributed by atoms with van der Waals surface area (Å²) in [5.74, 6) is 0.623. The first-order valence-corrected chi connectivity index (χ1v) is 10.1. The van der Waals surface area contributed by atoms with E-state index in [1.165, 1.54) is 16.5 Å². The van der Waals surface area contributed by atoms with Crippen molar-refractivity contribution in [1.29, 1.82) is 0 Å². The number of benzene rings is 2. The van der Waals surface area contributed by atoms with E-state index in [1.807, 2.05) is 29.3 Å². The minimum Gasteiger partial charge on any atom is -0.336 e. The van der Waals surface area contributed by atoms with Crippen molar-refractivity contribution in [2.45, 2.75) is 26.3 Å². The second kappa shape index (κ2) is 8.11. The van der Waals surface area contributed by atoms with Crippen LogP contribution in [0, 0.1) is 0 Å². The number of amides is 1. The number of carbonyl (C=O) groups excluding carboxylic acids is 1. The number of nitrogens with zero attached hydrogens (tertiary/aromatic N) is 3. The molecular formula is C24H27N3O. The highest BCUT2D eigenvalue weighted by Crippen LogP contribution is 2.20. The third kappa shape index (κ3) is 3.92. The zero-order valence-electron chi connectivity index (χ0n) is 16.6. The van der Waals surface area contributed by atoms with E-state index in [4.69, 9.17) is 0 Å². The highest BCUT2D eigenvalue weighted by atomic mass is 16.2. The minimum atomic E-state index is 0.141. The Balaban J connectivity index is 1.38. The Bertz CT molecular complexity index is 952. The fourth-order valence-electron chi connectivity index (χ4n) is 3.84. The third-order valence-corrected chi connectivity index (χ3v) is 5.59. The van der Waals surface area contributed by atoms with E-state index in [9.17, 15) is 4.79 Å². The molecule has 2 aromatic carbocycles. The number of rotatable bonds is 4. The second-order valence-corrected chi connectivity index (χ2v) is 7.84. The fraction of sp³-hybridized carbons (Fsp3) is 0.333. The van der Waals surface area contributed by atoms with E-state index in [0.29, 0.717) is 5.92 Å². The zero-order chi connectivity index (χ0) is 19.5. The fourth-order valence-corrected chi connectivity index (χ4v) is 3.84. The number of piperazine rings is 1. The van der Waals surface area contributed by atoms with Gasteiger partial charge in [-0.3, -0.25) is 14.7 Å². The van der Waals surface area contributed by atoms with Crippen LogP contribution in [0.3, 0.4) is 0 Å². The van der Waals surface area contributed by atoms with Crippen LogP contribution in [0.1, 0.15) is 41.3 Å². The summed E-state index contributed by atoms with van der Waals surface area (Å²) in [6, 6.07) is 18.5. The highest BCUT2D eigenvalue weighted by molar-refractivity contribution is 5.94. The average Bonchev–Trinajstić information content (AvgIpc) is 2.74. The van der Waals surface area contributed by atoms with E-state index in [-0.39, 0.29) is 5.91 Å². The summed E-state index contributed by atoms with van der Waals surface area (Å²) < 4.78 is 0. The summed E-state index contributed by atoms with van der Waals surface area (Å²) >= 11 is 0. The highest BCUT2D eigenvalue weighted by Gasteiger charge is 2.22. The number of hydrogen-bond donors (Lipinski definition) is 0. The van der Waals surface area contributed by atoms with Crippen molar-refractivity contribution in [3.8, 4) is 0 Å². The molecule has 4 heteroatoms. The Morgan fingerprint density at radius 3 is 2.39 bits per heavy atom. The maximum absolute atomic E-state index is 12.8. The van der Waals surface area contributed by atoms with Gasteiger partial charge in [-0.05, 0) is 35.2 Å². The second-order valence-electron chi connectivity index (χ2n) is 7.84. The molecule has 144 valence electrons. The van der Waals surface area contributed by atoms with Crippen LogP contribution in [0.4, 0.5) is 0 Å². The first-order chi connectivity index (χ1) is 13.6. The molecule has 0 spiro atoms. The molecule has 0 N–H and O–H groups in total. The summed E-state index contributed by atoms with van der Waals surface area (Å²) in [4.78, 5) is 21.8. The molecule has 1 amide bonds. The lowest BCUT2D eigenvalue weighted by atomic mass is 10.0. The van der Waals surface area contributed by atoms with Crippen molar-refractivity contribution >= 4 is 16.8 Å². The molecule has 1 saturated heterocycles. The molecule has 0 bridgehead atoms. The molecule has 3 aromatic rings. The Hall–Kier alpha value is -2.72. The van der Waals surface area contributed by atoms with Gasteiger partial charge < -0.3 is 4.90 Å². The Morgan fingerprint density at radius 1 is 0.964 bits per heavy atom. The quantitative estimate of drug-likeness (QED) is 0.683. The molecule has 1 aliphatic rings. The van der Waals surface area contributed by atoms with Gasteiger partial charge in [0, 0.05) is 49.9 Å². The van der Waals surface area contributed by atoms with Gasteiger partial charge in [0.1, 0.15) is 0 Å². The maximum atomic E-state index is 12.8. The largest absolute Gasteiger partial charge is 0.336 e. The predicted molar refractivity (Wildman–Crippen MR) is 113 cm³/mol. The number of hydrogen-bond acceptors (Lipinski definition) is 3. The smallest absolute Gasteiger partial charge is 0.253 e. The van der Waals surface area contributed by atoms with Crippen LogP contribution in [-0.2, 0) is 6.54 Å². The van der Waals surface area contributed by atoms with Gasteiger partial charge >= 0.3 is 0 Å². The van der Waals surface area contributed by atoms with Crippen LogP contribution in [0.5, 0.6) is 0 Å². The van der Waals surface area contributed by atoms with Gasteiger partial charge in [-0.15, -0.1) is 0 Å². The molecule has 1 fully saturated rings. The monoisotopic (exact) mass is 373 g/mol. The van der Waals surface area contributed by atoms with E-state index < -0.39 is 0 Å². The molecule has 28 heavy (non-hydrogen) atoms. The van der Waals surface area contributed by atoms with Gasteiger partial charge in [0.05, 0.1) is 5.52 Å². The van der Waals surface area contributed by atoms with Gasteiger partial charge in [-0.25, -0.2) is 0 Å². The molecule has 1 aliphatic heterocycles. The van der Waals surface area contributed by atoms with Crippen LogP contribution in [0.15, 0.2) is 60.8 Å². The number of aromatic nitrogens is 1. The normalized spacial score (nSPS) is 15.3. The van der Waals surface area contributed by atoms with Crippen LogP contribution in [0.2, 0.25) is 0 Å². The first kappa shape index (κ1) is 18.6. The Kier molecular flexibility index (Phi) is 5.40. The SMILES string of the molecule is CC(C)c1ccc(C(=O)N2CCN(Cc3cccc4cccnc34)CC2)cc1. The lowest BCUT2D eigenvalue weighted by Crippen LogP contribution is -2.48. The van der Waals surface area contributed by atoms with Crippen molar-refractivity contribution in [2.75, 3.05) is 26.2 Å². The van der Waals surface area contributed by atoms with E-state index >= 15 is 0 Å². The van der Waals surface area contributed by atoms with Crippen molar-refractivity contribution in [3.05, 3.63) is 77.5 Å². The molecule has 0 atom stereocenters. The number of fused-ring (bicyclic) bond motifs is 1. The summed E-state index contributed by atoms with van der Waals surface area (Å²) in [6.45, 7) is 8.52. The van der Waals surface area contributed by atoms with Crippen LogP contribution >= 0.6 is 0 Å². The lowest BCUT2D eigenvalue weighted by Gasteiger charge is -2.35. The summed E-state index contributed by atoms with van der Waals surface area (Å²) in [6.07, 6.45) is 1.85. The standard InChI is InChI=1S/C24H27N3O/c1-18(2)19-8-10-21(11-9-19)24(28)27-15-13-26(14-16-27)17-22-6-3-5-20-7-4-12-25-23(20)22/h3-12,18H,13-17H2,1-2H3. The van der Waals surface area contributed by atoms with E-state index in [0.717, 1.165) is 43.8 Å². The molecule has 0 radical (unpaired) electrons. The third-order valence-electron chi connectivity index (χ3n) is 5.59. The lowest BCUT2D eigenvalue weighted by molar-refractivity contribution is 0.0629. The van der Waals surface area contributed by atoms with Crippen molar-refractivity contribution in [3.63, 3.8) is 0 Å². The molecule has 0 unspecified atom stereocenters. The van der Waals surface area contributed by atoms with Crippen molar-refractivity contribution in [1.82, 2.24) is 14.8 Å². The molecule has 2 heterocycles. The maximum Gasteiger partial charge on any atom is 0.253 e. The van der Waals surface area contributed by atoms with Gasteiger partial charge in [-0.2, -0.15) is 0 Å². The van der Waals surface area contributed by atoms with Crippen molar-refractivity contribution in [2.24, 2.45) is 0 Å². The number of carbonyl (C=O) groups is 1. The summed E-state index contributed by atoms with van der Waals surface area (Å²) in [7, 11) is 0. The summed E-state index contributed by atoms with van der Waals surface area (Å²) in [5, 5.41) is 1.18. The predicted octanol–water partition coefficient (Wildman–Crippen LogP) is 4.32.